The van der Waals surface area contributed by atoms with Crippen LogP contribution in [0.15, 0.2) is 0 Å². The van der Waals surface area contributed by atoms with Crippen LogP contribution >= 0.6 is 0 Å². The topological polar surface area (TPSA) is 17.1 Å². The Kier molecular flexibility index (Phi) is 4.33. The van der Waals surface area contributed by atoms with E-state index in [-0.39, 0.29) is 0 Å². The first-order chi connectivity index (χ1) is 4.63. The third-order valence-electron chi connectivity index (χ3n) is 2.29. The normalized spacial score (nSPS) is 16.4. The molecule has 1 heteroatoms. The molecule has 0 amide bonds. The summed E-state index contributed by atoms with van der Waals surface area (Å²) in [5.41, 5.74) is 0. The molecule has 0 spiro atoms. The lowest BCUT2D eigenvalue weighted by Crippen LogP contribution is -2.17. The highest BCUT2D eigenvalue weighted by molar-refractivity contribution is 5.78. The van der Waals surface area contributed by atoms with E-state index in [2.05, 4.69) is 20.8 Å². The Bertz CT molecular complexity index is 107. The fourth-order valence-corrected chi connectivity index (χ4v) is 1.38. The predicted molar refractivity (Wildman–Crippen MR) is 43.9 cm³/mol. The molecule has 0 saturated carbocycles. The zero-order valence-electron chi connectivity index (χ0n) is 7.48. The van der Waals surface area contributed by atoms with Crippen molar-refractivity contribution in [3.63, 3.8) is 0 Å². The molecule has 0 saturated heterocycles. The molecule has 0 aromatic heterocycles. The maximum Gasteiger partial charge on any atom is 0.133 e. The summed E-state index contributed by atoms with van der Waals surface area (Å²) in [6.07, 6.45) is 2.10. The van der Waals surface area contributed by atoms with Crippen molar-refractivity contribution in [1.29, 1.82) is 0 Å². The van der Waals surface area contributed by atoms with Gasteiger partial charge in [0, 0.05) is 5.92 Å². The molecule has 0 unspecified atom stereocenters. The minimum atomic E-state index is 0.296. The van der Waals surface area contributed by atoms with Gasteiger partial charge < -0.3 is 0 Å². The van der Waals surface area contributed by atoms with Gasteiger partial charge >= 0.3 is 0 Å². The maximum absolute atomic E-state index is 11.0. The molecule has 2 atom stereocenters. The van der Waals surface area contributed by atoms with Gasteiger partial charge in [-0.2, -0.15) is 0 Å². The van der Waals surface area contributed by atoms with Crippen molar-refractivity contribution in [2.75, 3.05) is 0 Å². The van der Waals surface area contributed by atoms with Crippen molar-refractivity contribution >= 4 is 5.78 Å². The quantitative estimate of drug-likeness (QED) is 0.589. The van der Waals surface area contributed by atoms with Crippen LogP contribution in [-0.2, 0) is 4.79 Å². The van der Waals surface area contributed by atoms with Crippen molar-refractivity contribution < 1.29 is 4.79 Å². The average Bonchev–Trinajstić information content (AvgIpc) is 1.88. The Hall–Kier alpha value is -0.330. The third-order valence-corrected chi connectivity index (χ3v) is 2.29. The first kappa shape index (κ1) is 9.67. The first-order valence-electron chi connectivity index (χ1n) is 4.13. The second-order valence-corrected chi connectivity index (χ2v) is 3.01. The van der Waals surface area contributed by atoms with Crippen molar-refractivity contribution in [1.82, 2.24) is 0 Å². The van der Waals surface area contributed by atoms with E-state index in [1.807, 2.05) is 0 Å². The fourth-order valence-electron chi connectivity index (χ4n) is 1.38. The van der Waals surface area contributed by atoms with E-state index in [0.717, 1.165) is 12.8 Å². The number of ketones is 1. The molecular formula is C9H18O. The van der Waals surface area contributed by atoms with Gasteiger partial charge in [0.1, 0.15) is 5.78 Å². The Morgan fingerprint density at radius 2 is 1.80 bits per heavy atom. The van der Waals surface area contributed by atoms with Crippen LogP contribution in [-0.4, -0.2) is 5.78 Å². The van der Waals surface area contributed by atoms with E-state index in [9.17, 15) is 4.79 Å². The zero-order valence-corrected chi connectivity index (χ0v) is 7.48. The van der Waals surface area contributed by atoms with Crippen molar-refractivity contribution in [3.05, 3.63) is 0 Å². The van der Waals surface area contributed by atoms with Crippen molar-refractivity contribution in [2.24, 2.45) is 11.8 Å². The van der Waals surface area contributed by atoms with Gasteiger partial charge in [-0.15, -0.1) is 0 Å². The lowest BCUT2D eigenvalue weighted by molar-refractivity contribution is -0.122. The number of Topliss-reactive ketones (excluding diaryl/α,β-unsaturated/α-hetero) is 1. The van der Waals surface area contributed by atoms with Gasteiger partial charge in [-0.3, -0.25) is 4.79 Å². The van der Waals surface area contributed by atoms with Crippen LogP contribution in [0.2, 0.25) is 0 Å². The summed E-state index contributed by atoms with van der Waals surface area (Å²) >= 11 is 0. The Balaban J connectivity index is 3.92. The van der Waals surface area contributed by atoms with Gasteiger partial charge in [-0.05, 0) is 19.3 Å². The second kappa shape index (κ2) is 4.48. The monoisotopic (exact) mass is 142 g/mol. The summed E-state index contributed by atoms with van der Waals surface area (Å²) in [7, 11) is 0. The highest BCUT2D eigenvalue weighted by atomic mass is 16.1. The van der Waals surface area contributed by atoms with Gasteiger partial charge in [-0.25, -0.2) is 0 Å². The summed E-state index contributed by atoms with van der Waals surface area (Å²) < 4.78 is 0. The molecule has 60 valence electrons. The lowest BCUT2D eigenvalue weighted by atomic mass is 9.87. The van der Waals surface area contributed by atoms with Crippen LogP contribution in [0.25, 0.3) is 0 Å². The molecule has 0 bridgehead atoms. The van der Waals surface area contributed by atoms with Crippen molar-refractivity contribution in [2.45, 2.75) is 40.5 Å². The molecule has 0 aromatic carbocycles. The number of hydrogen-bond donors (Lipinski definition) is 0. The summed E-state index contributed by atoms with van der Waals surface area (Å²) in [6.45, 7) is 8.06. The minimum absolute atomic E-state index is 0.296. The van der Waals surface area contributed by atoms with Crippen LogP contribution in [0.3, 0.4) is 0 Å². The molecule has 0 aromatic rings. The van der Waals surface area contributed by atoms with Gasteiger partial charge in [0.15, 0.2) is 0 Å². The zero-order chi connectivity index (χ0) is 8.15. The molecule has 10 heavy (non-hydrogen) atoms. The Labute approximate surface area is 63.8 Å². The maximum atomic E-state index is 11.0. The number of carbonyl (C=O) groups is 1. The minimum Gasteiger partial charge on any atom is -0.300 e. The van der Waals surface area contributed by atoms with E-state index in [0.29, 0.717) is 17.6 Å². The predicted octanol–water partition coefficient (Wildman–Crippen LogP) is 2.65. The third kappa shape index (κ3) is 2.51. The molecule has 0 N–H and O–H groups in total. The summed E-state index contributed by atoms with van der Waals surface area (Å²) in [4.78, 5) is 11.0. The van der Waals surface area contributed by atoms with Crippen molar-refractivity contribution in [3.8, 4) is 0 Å². The van der Waals surface area contributed by atoms with Crippen LogP contribution in [0.1, 0.15) is 40.5 Å². The summed E-state index contributed by atoms with van der Waals surface area (Å²) in [5.74, 6) is 1.20. The van der Waals surface area contributed by atoms with E-state index in [4.69, 9.17) is 0 Å². The van der Waals surface area contributed by atoms with E-state index in [1.165, 1.54) is 0 Å². The summed E-state index contributed by atoms with van der Waals surface area (Å²) in [5, 5.41) is 0. The molecule has 0 aliphatic carbocycles. The molecule has 0 heterocycles. The molecule has 0 fully saturated rings. The van der Waals surface area contributed by atoms with Gasteiger partial charge in [0.2, 0.25) is 0 Å². The second-order valence-electron chi connectivity index (χ2n) is 3.01. The molecule has 0 aliphatic rings. The first-order valence-corrected chi connectivity index (χ1v) is 4.13. The summed E-state index contributed by atoms with van der Waals surface area (Å²) in [6, 6.07) is 0. The smallest absolute Gasteiger partial charge is 0.133 e. The fraction of sp³-hybridized carbons (Fsp3) is 0.889. The standard InChI is InChI=1S/C9H18O/c1-5-7(3)9(6-2)8(4)10/h7,9H,5-6H2,1-4H3/t7-,9+/m1/s1. The molecule has 1 nitrogen and oxygen atoms in total. The molecule has 0 radical (unpaired) electrons. The average molecular weight is 142 g/mol. The number of carbonyl (C=O) groups excluding carboxylic acids is 1. The van der Waals surface area contributed by atoms with E-state index < -0.39 is 0 Å². The molecular weight excluding hydrogens is 124 g/mol. The van der Waals surface area contributed by atoms with Crippen LogP contribution in [0.4, 0.5) is 0 Å². The van der Waals surface area contributed by atoms with Gasteiger partial charge in [0.05, 0.1) is 0 Å². The Morgan fingerprint density at radius 1 is 1.30 bits per heavy atom. The molecule has 0 aliphatic heterocycles. The lowest BCUT2D eigenvalue weighted by Gasteiger charge is -2.17. The SMILES string of the molecule is CC[C@@H](C)[C@H](CC)C(C)=O. The largest absolute Gasteiger partial charge is 0.300 e. The van der Waals surface area contributed by atoms with E-state index in [1.54, 1.807) is 6.92 Å². The number of rotatable bonds is 4. The molecule has 0 rings (SSSR count). The van der Waals surface area contributed by atoms with Crippen LogP contribution in [0, 0.1) is 11.8 Å². The Morgan fingerprint density at radius 3 is 1.90 bits per heavy atom. The van der Waals surface area contributed by atoms with Gasteiger partial charge in [-0.1, -0.05) is 27.2 Å². The van der Waals surface area contributed by atoms with Gasteiger partial charge in [0.25, 0.3) is 0 Å². The number of hydrogen-bond acceptors (Lipinski definition) is 1. The highest BCUT2D eigenvalue weighted by Gasteiger charge is 2.17. The van der Waals surface area contributed by atoms with Crippen LogP contribution in [0.5, 0.6) is 0 Å². The highest BCUT2D eigenvalue weighted by Crippen LogP contribution is 2.18. The van der Waals surface area contributed by atoms with Crippen LogP contribution < -0.4 is 0 Å². The van der Waals surface area contributed by atoms with E-state index >= 15 is 0 Å².